The van der Waals surface area contributed by atoms with Crippen LogP contribution in [0.3, 0.4) is 0 Å². The van der Waals surface area contributed by atoms with Gasteiger partial charge in [0, 0.05) is 30.8 Å². The molecular formula is C18H17F3N4. The van der Waals surface area contributed by atoms with Crippen molar-refractivity contribution < 1.29 is 13.2 Å². The van der Waals surface area contributed by atoms with Gasteiger partial charge in [-0.15, -0.1) is 0 Å². The second kappa shape index (κ2) is 8.20. The first-order valence-electron chi connectivity index (χ1n) is 7.55. The SMILES string of the molecule is CN=C(NCc1cc(C#N)ccc1F)NC(C)c1ccc(F)cc1F. The fourth-order valence-corrected chi connectivity index (χ4v) is 2.29. The summed E-state index contributed by atoms with van der Waals surface area (Å²) in [5.41, 5.74) is 0.938. The maximum atomic E-state index is 13.8. The minimum Gasteiger partial charge on any atom is -0.352 e. The number of aliphatic imine (C=N–C) groups is 1. The number of rotatable bonds is 4. The zero-order valence-electron chi connectivity index (χ0n) is 13.8. The molecule has 25 heavy (non-hydrogen) atoms. The third kappa shape index (κ3) is 4.73. The Balaban J connectivity index is 2.05. The molecule has 0 aromatic heterocycles. The molecule has 2 aromatic carbocycles. The molecular weight excluding hydrogens is 329 g/mol. The van der Waals surface area contributed by atoms with Crippen LogP contribution in [0.1, 0.15) is 29.7 Å². The Morgan fingerprint density at radius 2 is 1.92 bits per heavy atom. The first-order valence-corrected chi connectivity index (χ1v) is 7.55. The topological polar surface area (TPSA) is 60.2 Å². The van der Waals surface area contributed by atoms with E-state index in [0.29, 0.717) is 17.1 Å². The van der Waals surface area contributed by atoms with Gasteiger partial charge in [-0.05, 0) is 31.2 Å². The van der Waals surface area contributed by atoms with E-state index >= 15 is 0 Å². The highest BCUT2D eigenvalue weighted by Crippen LogP contribution is 2.17. The van der Waals surface area contributed by atoms with Crippen molar-refractivity contribution in [2.75, 3.05) is 7.05 Å². The van der Waals surface area contributed by atoms with Crippen molar-refractivity contribution in [2.45, 2.75) is 19.5 Å². The van der Waals surface area contributed by atoms with E-state index in [-0.39, 0.29) is 12.1 Å². The van der Waals surface area contributed by atoms with Crippen LogP contribution in [0.5, 0.6) is 0 Å². The largest absolute Gasteiger partial charge is 0.352 e. The van der Waals surface area contributed by atoms with Crippen LogP contribution >= 0.6 is 0 Å². The highest BCUT2D eigenvalue weighted by atomic mass is 19.1. The van der Waals surface area contributed by atoms with Crippen molar-refractivity contribution in [2.24, 2.45) is 4.99 Å². The van der Waals surface area contributed by atoms with Gasteiger partial charge in [0.15, 0.2) is 5.96 Å². The number of guanidine groups is 1. The summed E-state index contributed by atoms with van der Waals surface area (Å²) in [7, 11) is 1.52. The van der Waals surface area contributed by atoms with Crippen LogP contribution in [0, 0.1) is 28.8 Å². The number of benzene rings is 2. The summed E-state index contributed by atoms with van der Waals surface area (Å²) >= 11 is 0. The standard InChI is InChI=1S/C18H17F3N4/c1-11(15-5-4-14(19)8-17(15)21)25-18(23-2)24-10-13-7-12(9-22)3-6-16(13)20/h3-8,11H,10H2,1-2H3,(H2,23,24,25). The quantitative estimate of drug-likeness (QED) is 0.659. The Bertz CT molecular complexity index is 828. The van der Waals surface area contributed by atoms with E-state index in [0.717, 1.165) is 6.07 Å². The Hall–Kier alpha value is -3.01. The lowest BCUT2D eigenvalue weighted by molar-refractivity contribution is 0.550. The number of hydrogen-bond acceptors (Lipinski definition) is 2. The van der Waals surface area contributed by atoms with Crippen molar-refractivity contribution in [1.82, 2.24) is 10.6 Å². The zero-order valence-corrected chi connectivity index (χ0v) is 13.8. The molecule has 0 aliphatic heterocycles. The second-order valence-corrected chi connectivity index (χ2v) is 5.38. The third-order valence-electron chi connectivity index (χ3n) is 3.63. The predicted molar refractivity (Wildman–Crippen MR) is 89.2 cm³/mol. The molecule has 0 radical (unpaired) electrons. The lowest BCUT2D eigenvalue weighted by Gasteiger charge is -2.19. The molecule has 0 heterocycles. The molecule has 7 heteroatoms. The van der Waals surface area contributed by atoms with Gasteiger partial charge in [-0.1, -0.05) is 6.07 Å². The third-order valence-corrected chi connectivity index (χ3v) is 3.63. The van der Waals surface area contributed by atoms with E-state index in [1.165, 1.54) is 37.4 Å². The molecule has 1 unspecified atom stereocenters. The van der Waals surface area contributed by atoms with Crippen molar-refractivity contribution >= 4 is 5.96 Å². The van der Waals surface area contributed by atoms with Gasteiger partial charge in [0.2, 0.25) is 0 Å². The fraction of sp³-hybridized carbons (Fsp3) is 0.222. The van der Waals surface area contributed by atoms with Crippen LogP contribution in [0.15, 0.2) is 41.4 Å². The maximum absolute atomic E-state index is 13.8. The van der Waals surface area contributed by atoms with E-state index in [2.05, 4.69) is 15.6 Å². The minimum atomic E-state index is -0.664. The number of hydrogen-bond donors (Lipinski definition) is 2. The molecule has 1 atom stereocenters. The normalized spacial score (nSPS) is 12.4. The van der Waals surface area contributed by atoms with Gasteiger partial charge in [0.05, 0.1) is 17.7 Å². The fourth-order valence-electron chi connectivity index (χ4n) is 2.29. The molecule has 0 aliphatic rings. The highest BCUT2D eigenvalue weighted by molar-refractivity contribution is 5.80. The summed E-state index contributed by atoms with van der Waals surface area (Å²) in [5.74, 6) is -1.44. The molecule has 130 valence electrons. The van der Waals surface area contributed by atoms with Crippen molar-refractivity contribution in [1.29, 1.82) is 5.26 Å². The van der Waals surface area contributed by atoms with Crippen LogP contribution in [0.25, 0.3) is 0 Å². The number of nitrogens with one attached hydrogen (secondary N) is 2. The first kappa shape index (κ1) is 18.3. The maximum Gasteiger partial charge on any atom is 0.191 e. The van der Waals surface area contributed by atoms with Crippen molar-refractivity contribution in [3.8, 4) is 6.07 Å². The summed E-state index contributed by atoms with van der Waals surface area (Å²) in [6, 6.07) is 8.87. The van der Waals surface area contributed by atoms with Gasteiger partial charge >= 0.3 is 0 Å². The first-order chi connectivity index (χ1) is 11.9. The van der Waals surface area contributed by atoms with Gasteiger partial charge in [-0.2, -0.15) is 5.26 Å². The average molecular weight is 346 g/mol. The summed E-state index contributed by atoms with van der Waals surface area (Å²) in [5, 5.41) is 14.7. The molecule has 4 nitrogen and oxygen atoms in total. The van der Waals surface area contributed by atoms with Crippen LogP contribution in [0.4, 0.5) is 13.2 Å². The lowest BCUT2D eigenvalue weighted by Crippen LogP contribution is -2.38. The predicted octanol–water partition coefficient (Wildman–Crippen LogP) is 3.40. The van der Waals surface area contributed by atoms with Gasteiger partial charge in [0.25, 0.3) is 0 Å². The van der Waals surface area contributed by atoms with Gasteiger partial charge in [-0.25, -0.2) is 13.2 Å². The average Bonchev–Trinajstić information content (AvgIpc) is 2.59. The molecule has 0 fully saturated rings. The Labute approximate surface area is 144 Å². The number of nitrogens with zero attached hydrogens (tertiary/aromatic N) is 2. The molecule has 0 spiro atoms. The molecule has 2 N–H and O–H groups in total. The summed E-state index contributed by atoms with van der Waals surface area (Å²) in [6.07, 6.45) is 0. The van der Waals surface area contributed by atoms with Crippen molar-refractivity contribution in [3.05, 3.63) is 70.5 Å². The van der Waals surface area contributed by atoms with E-state index in [1.807, 2.05) is 6.07 Å². The van der Waals surface area contributed by atoms with E-state index in [9.17, 15) is 13.2 Å². The smallest absolute Gasteiger partial charge is 0.191 e. The monoisotopic (exact) mass is 346 g/mol. The highest BCUT2D eigenvalue weighted by Gasteiger charge is 2.13. The van der Waals surface area contributed by atoms with Crippen LogP contribution in [0.2, 0.25) is 0 Å². The lowest BCUT2D eigenvalue weighted by atomic mass is 10.1. The van der Waals surface area contributed by atoms with E-state index in [4.69, 9.17) is 5.26 Å². The van der Waals surface area contributed by atoms with Crippen LogP contribution in [-0.4, -0.2) is 13.0 Å². The molecule has 0 amide bonds. The van der Waals surface area contributed by atoms with Crippen LogP contribution in [-0.2, 0) is 6.54 Å². The van der Waals surface area contributed by atoms with Crippen molar-refractivity contribution in [3.63, 3.8) is 0 Å². The summed E-state index contributed by atoms with van der Waals surface area (Å²) in [4.78, 5) is 4.00. The summed E-state index contributed by atoms with van der Waals surface area (Å²) < 4.78 is 40.6. The van der Waals surface area contributed by atoms with Gasteiger partial charge in [0.1, 0.15) is 17.5 Å². The molecule has 2 rings (SSSR count). The number of nitriles is 1. The van der Waals surface area contributed by atoms with Crippen LogP contribution < -0.4 is 10.6 Å². The molecule has 2 aromatic rings. The van der Waals surface area contributed by atoms with E-state index < -0.39 is 23.5 Å². The summed E-state index contributed by atoms with van der Waals surface area (Å²) in [6.45, 7) is 1.79. The molecule has 0 saturated carbocycles. The zero-order chi connectivity index (χ0) is 18.4. The van der Waals surface area contributed by atoms with Gasteiger partial charge in [-0.3, -0.25) is 4.99 Å². The Morgan fingerprint density at radius 1 is 1.16 bits per heavy atom. The second-order valence-electron chi connectivity index (χ2n) is 5.38. The minimum absolute atomic E-state index is 0.0969. The Kier molecular flexibility index (Phi) is 6.01. The number of halogens is 3. The molecule has 0 aliphatic carbocycles. The van der Waals surface area contributed by atoms with E-state index in [1.54, 1.807) is 6.92 Å². The Morgan fingerprint density at radius 3 is 2.56 bits per heavy atom. The van der Waals surface area contributed by atoms with Gasteiger partial charge < -0.3 is 10.6 Å². The molecule has 0 bridgehead atoms. The molecule has 0 saturated heterocycles.